The number of anilines is 1. The lowest BCUT2D eigenvalue weighted by Gasteiger charge is -2.11. The van der Waals surface area contributed by atoms with Gasteiger partial charge in [-0.15, -0.1) is 5.10 Å². The van der Waals surface area contributed by atoms with Crippen LogP contribution in [0.2, 0.25) is 0 Å². The number of methoxy groups -OCH3 is 1. The molecule has 0 atom stereocenters. The van der Waals surface area contributed by atoms with Crippen LogP contribution in [0.1, 0.15) is 17.4 Å². The van der Waals surface area contributed by atoms with Crippen LogP contribution >= 0.6 is 0 Å². The first-order chi connectivity index (χ1) is 13.7. The van der Waals surface area contributed by atoms with Gasteiger partial charge in [-0.1, -0.05) is 23.3 Å². The summed E-state index contributed by atoms with van der Waals surface area (Å²) in [4.78, 5) is 13.2. The van der Waals surface area contributed by atoms with E-state index in [4.69, 9.17) is 9.47 Å². The van der Waals surface area contributed by atoms with Crippen LogP contribution < -0.4 is 14.8 Å². The molecule has 0 aliphatic heterocycles. The van der Waals surface area contributed by atoms with Gasteiger partial charge in [0, 0.05) is 11.1 Å². The molecule has 9 nitrogen and oxygen atoms in total. The van der Waals surface area contributed by atoms with Gasteiger partial charge in [0.05, 0.1) is 19.2 Å². The van der Waals surface area contributed by atoms with Gasteiger partial charge in [-0.2, -0.15) is 5.21 Å². The van der Waals surface area contributed by atoms with Crippen LogP contribution in [-0.4, -0.2) is 44.8 Å². The number of carbonyl (C=O) groups excluding carboxylic acids is 1. The van der Waals surface area contributed by atoms with Crippen LogP contribution in [0.4, 0.5) is 5.95 Å². The van der Waals surface area contributed by atoms with Gasteiger partial charge < -0.3 is 14.0 Å². The van der Waals surface area contributed by atoms with Crippen LogP contribution in [0.5, 0.6) is 11.5 Å². The fourth-order valence-electron chi connectivity index (χ4n) is 3.08. The van der Waals surface area contributed by atoms with Crippen LogP contribution in [-0.2, 0) is 0 Å². The van der Waals surface area contributed by atoms with E-state index < -0.39 is 5.91 Å². The monoisotopic (exact) mass is 378 g/mol. The number of tetrazole rings is 1. The van der Waals surface area contributed by atoms with Crippen molar-refractivity contribution in [3.05, 3.63) is 54.2 Å². The predicted molar refractivity (Wildman–Crippen MR) is 103 cm³/mol. The van der Waals surface area contributed by atoms with Crippen molar-refractivity contribution in [1.82, 2.24) is 25.2 Å². The van der Waals surface area contributed by atoms with E-state index in [1.807, 2.05) is 60.0 Å². The predicted octanol–water partition coefficient (Wildman–Crippen LogP) is 2.80. The molecule has 0 unspecified atom stereocenters. The highest BCUT2D eigenvalue weighted by Gasteiger charge is 2.26. The number of hydrogen-bond acceptors (Lipinski definition) is 6. The van der Waals surface area contributed by atoms with Crippen LogP contribution in [0.3, 0.4) is 0 Å². The molecule has 2 aromatic heterocycles. The second kappa shape index (κ2) is 7.39. The number of carbonyl (C=O) groups is 1. The van der Waals surface area contributed by atoms with E-state index in [2.05, 4.69) is 25.9 Å². The summed E-state index contributed by atoms with van der Waals surface area (Å²) in [5.41, 5.74) is 1.97. The van der Waals surface area contributed by atoms with Gasteiger partial charge in [-0.3, -0.25) is 10.1 Å². The molecule has 1 amide bonds. The van der Waals surface area contributed by atoms with Crippen LogP contribution in [0.25, 0.3) is 16.6 Å². The summed E-state index contributed by atoms with van der Waals surface area (Å²) in [5.74, 6) is 0.795. The van der Waals surface area contributed by atoms with Gasteiger partial charge in [0.2, 0.25) is 0 Å². The molecule has 2 aromatic carbocycles. The van der Waals surface area contributed by atoms with Crippen molar-refractivity contribution in [2.45, 2.75) is 6.92 Å². The van der Waals surface area contributed by atoms with E-state index in [0.717, 1.165) is 16.6 Å². The maximum absolute atomic E-state index is 13.2. The molecular formula is C19H18N6O3. The summed E-state index contributed by atoms with van der Waals surface area (Å²) in [5, 5.41) is 16.8. The minimum absolute atomic E-state index is 0.0786. The summed E-state index contributed by atoms with van der Waals surface area (Å²) in [6.45, 7) is 2.26. The van der Waals surface area contributed by atoms with Gasteiger partial charge in [0.1, 0.15) is 5.75 Å². The van der Waals surface area contributed by atoms with Gasteiger partial charge in [0.25, 0.3) is 11.9 Å². The normalized spacial score (nSPS) is 10.8. The topological polar surface area (TPSA) is 107 Å². The van der Waals surface area contributed by atoms with Crippen molar-refractivity contribution < 1.29 is 14.3 Å². The first-order valence-electron chi connectivity index (χ1n) is 8.68. The number of para-hydroxylation sites is 1. The number of ether oxygens (including phenoxy) is 2. The second-order valence-corrected chi connectivity index (χ2v) is 5.85. The zero-order valence-electron chi connectivity index (χ0n) is 15.3. The van der Waals surface area contributed by atoms with Gasteiger partial charge in [-0.05, 0) is 42.5 Å². The fraction of sp³-hybridized carbons (Fsp3) is 0.158. The Hall–Kier alpha value is -3.88. The Morgan fingerprint density at radius 1 is 1.21 bits per heavy atom. The highest BCUT2D eigenvalue weighted by Crippen LogP contribution is 2.38. The first kappa shape index (κ1) is 17.5. The van der Waals surface area contributed by atoms with E-state index in [1.54, 1.807) is 7.11 Å². The lowest BCUT2D eigenvalue weighted by molar-refractivity contribution is 0.101. The molecular weight excluding hydrogens is 360 g/mol. The fourth-order valence-corrected chi connectivity index (χ4v) is 3.08. The number of benzene rings is 2. The number of aromatic amines is 1. The molecule has 0 radical (unpaired) electrons. The van der Waals surface area contributed by atoms with Crippen molar-refractivity contribution in [3.63, 3.8) is 0 Å². The molecule has 2 N–H and O–H groups in total. The molecule has 0 aliphatic rings. The maximum atomic E-state index is 13.2. The quantitative estimate of drug-likeness (QED) is 0.534. The number of hydrogen-bond donors (Lipinski definition) is 2. The molecule has 0 saturated carbocycles. The summed E-state index contributed by atoms with van der Waals surface area (Å²) in [6, 6.07) is 15.2. The average molecular weight is 378 g/mol. The Balaban J connectivity index is 1.98. The Labute approximate surface area is 160 Å². The zero-order valence-corrected chi connectivity index (χ0v) is 15.3. The van der Waals surface area contributed by atoms with E-state index in [-0.39, 0.29) is 5.95 Å². The van der Waals surface area contributed by atoms with E-state index >= 15 is 0 Å². The first-order valence-corrected chi connectivity index (χ1v) is 8.68. The molecule has 0 bridgehead atoms. The van der Waals surface area contributed by atoms with Gasteiger partial charge in [0.15, 0.2) is 11.4 Å². The number of rotatable bonds is 6. The Kier molecular flexibility index (Phi) is 4.63. The average Bonchev–Trinajstić information content (AvgIpc) is 3.34. The SMILES string of the molecule is CCOc1c(C(=O)Nc2nn[nH]n2)n(-c2ccccc2)c2ccc(OC)cc12. The standard InChI is InChI=1S/C19H18N6O3/c1-3-28-17-14-11-13(27-2)9-10-15(14)25(12-7-5-4-6-8-12)16(17)18(26)20-19-21-23-24-22-19/h4-11H,3H2,1-2H3,(H2,20,21,22,23,24,26). The van der Waals surface area contributed by atoms with E-state index in [0.29, 0.717) is 23.8 Å². The molecule has 0 aliphatic carbocycles. The van der Waals surface area contributed by atoms with Gasteiger partial charge >= 0.3 is 0 Å². The number of fused-ring (bicyclic) bond motifs is 1. The van der Waals surface area contributed by atoms with Crippen LogP contribution in [0, 0.1) is 0 Å². The molecule has 0 fully saturated rings. The molecule has 28 heavy (non-hydrogen) atoms. The number of nitrogens with one attached hydrogen (secondary N) is 2. The molecule has 4 rings (SSSR count). The second-order valence-electron chi connectivity index (χ2n) is 5.85. The summed E-state index contributed by atoms with van der Waals surface area (Å²) >= 11 is 0. The number of amides is 1. The molecule has 2 heterocycles. The largest absolute Gasteiger partial charge is 0.497 e. The highest BCUT2D eigenvalue weighted by molar-refractivity contribution is 6.10. The van der Waals surface area contributed by atoms with Crippen molar-refractivity contribution in [1.29, 1.82) is 0 Å². The molecule has 142 valence electrons. The molecule has 0 saturated heterocycles. The Morgan fingerprint density at radius 2 is 2.04 bits per heavy atom. The summed E-state index contributed by atoms with van der Waals surface area (Å²) in [7, 11) is 1.60. The van der Waals surface area contributed by atoms with Gasteiger partial charge in [-0.25, -0.2) is 0 Å². The van der Waals surface area contributed by atoms with E-state index in [9.17, 15) is 4.79 Å². The highest BCUT2D eigenvalue weighted by atomic mass is 16.5. The maximum Gasteiger partial charge on any atom is 0.279 e. The van der Waals surface area contributed by atoms with Crippen molar-refractivity contribution in [3.8, 4) is 17.2 Å². The Morgan fingerprint density at radius 3 is 2.71 bits per heavy atom. The summed E-state index contributed by atoms with van der Waals surface area (Å²) in [6.07, 6.45) is 0. The van der Waals surface area contributed by atoms with Crippen molar-refractivity contribution >= 4 is 22.8 Å². The minimum Gasteiger partial charge on any atom is -0.497 e. The lowest BCUT2D eigenvalue weighted by atomic mass is 10.2. The smallest absolute Gasteiger partial charge is 0.279 e. The number of nitrogens with zero attached hydrogens (tertiary/aromatic N) is 4. The van der Waals surface area contributed by atoms with E-state index in [1.165, 1.54) is 0 Å². The third-order valence-electron chi connectivity index (χ3n) is 4.22. The summed E-state index contributed by atoms with van der Waals surface area (Å²) < 4.78 is 13.1. The molecule has 0 spiro atoms. The van der Waals surface area contributed by atoms with Crippen LogP contribution in [0.15, 0.2) is 48.5 Å². The number of H-pyrrole nitrogens is 1. The molecule has 9 heteroatoms. The van der Waals surface area contributed by atoms with Crippen molar-refractivity contribution in [2.24, 2.45) is 0 Å². The zero-order chi connectivity index (χ0) is 19.5. The minimum atomic E-state index is -0.413. The third-order valence-corrected chi connectivity index (χ3v) is 4.22. The Bertz CT molecular complexity index is 1110. The molecule has 4 aromatic rings. The third kappa shape index (κ3) is 3.02. The lowest BCUT2D eigenvalue weighted by Crippen LogP contribution is -2.18. The van der Waals surface area contributed by atoms with Crippen molar-refractivity contribution in [2.75, 3.05) is 19.0 Å². The number of aromatic nitrogens is 5.